The Kier molecular flexibility index (Phi) is 3.91. The summed E-state index contributed by atoms with van der Waals surface area (Å²) in [6.45, 7) is 3.95. The second-order valence-corrected chi connectivity index (χ2v) is 4.49. The number of hydrazone groups is 1. The molecule has 0 aliphatic carbocycles. The first kappa shape index (κ1) is 11.8. The average Bonchev–Trinajstić information content (AvgIpc) is 2.38. The van der Waals surface area contributed by atoms with Crippen molar-refractivity contribution < 1.29 is 4.79 Å². The van der Waals surface area contributed by atoms with Crippen LogP contribution in [-0.4, -0.2) is 30.1 Å². The number of carbonyl (C=O) groups excluding carboxylic acids is 1. The number of ketones is 1. The van der Waals surface area contributed by atoms with Crippen LogP contribution in [0, 0.1) is 6.92 Å². The summed E-state index contributed by atoms with van der Waals surface area (Å²) in [5, 5.41) is 6.22. The van der Waals surface area contributed by atoms with E-state index in [9.17, 15) is 4.79 Å². The molecule has 1 aromatic carbocycles. The van der Waals surface area contributed by atoms with E-state index in [0.29, 0.717) is 5.56 Å². The molecule has 1 aliphatic rings. The molecule has 1 heterocycles. The lowest BCUT2D eigenvalue weighted by Crippen LogP contribution is -2.25. The number of rotatable bonds is 3. The molecule has 1 saturated heterocycles. The first-order chi connectivity index (χ1) is 8.25. The molecule has 1 fully saturated rings. The highest BCUT2D eigenvalue weighted by Crippen LogP contribution is 2.08. The van der Waals surface area contributed by atoms with Crippen molar-refractivity contribution in [1.82, 2.24) is 5.01 Å². The van der Waals surface area contributed by atoms with Gasteiger partial charge in [0.25, 0.3) is 0 Å². The van der Waals surface area contributed by atoms with Crippen molar-refractivity contribution in [3.63, 3.8) is 0 Å². The second kappa shape index (κ2) is 5.62. The van der Waals surface area contributed by atoms with Crippen molar-refractivity contribution in [1.29, 1.82) is 0 Å². The number of Topliss-reactive ketones (excluding diaryl/α,β-unsaturated/α-hetero) is 1. The second-order valence-electron chi connectivity index (χ2n) is 4.49. The van der Waals surface area contributed by atoms with Crippen molar-refractivity contribution >= 4 is 12.0 Å². The van der Waals surface area contributed by atoms with Crippen LogP contribution in [0.3, 0.4) is 0 Å². The molecule has 0 radical (unpaired) electrons. The summed E-state index contributed by atoms with van der Waals surface area (Å²) >= 11 is 0. The number of benzene rings is 1. The fourth-order valence-electron chi connectivity index (χ4n) is 1.92. The van der Waals surface area contributed by atoms with Crippen LogP contribution in [0.2, 0.25) is 0 Å². The molecule has 2 rings (SSSR count). The van der Waals surface area contributed by atoms with Crippen molar-refractivity contribution in [3.8, 4) is 0 Å². The van der Waals surface area contributed by atoms with E-state index in [1.807, 2.05) is 36.2 Å². The zero-order valence-corrected chi connectivity index (χ0v) is 10.2. The third-order valence-electron chi connectivity index (χ3n) is 3.01. The van der Waals surface area contributed by atoms with Crippen LogP contribution in [0.1, 0.15) is 35.2 Å². The van der Waals surface area contributed by atoms with Crippen molar-refractivity contribution in [3.05, 3.63) is 35.4 Å². The van der Waals surface area contributed by atoms with Crippen molar-refractivity contribution in [2.24, 2.45) is 5.10 Å². The maximum absolute atomic E-state index is 11.8. The summed E-state index contributed by atoms with van der Waals surface area (Å²) in [5.41, 5.74) is 1.87. The molecule has 0 amide bonds. The number of nitrogens with zero attached hydrogens (tertiary/aromatic N) is 2. The average molecular weight is 230 g/mol. The number of piperidine rings is 1. The van der Waals surface area contributed by atoms with Gasteiger partial charge in [-0.05, 0) is 26.2 Å². The van der Waals surface area contributed by atoms with Gasteiger partial charge in [-0.3, -0.25) is 9.80 Å². The first-order valence-corrected chi connectivity index (χ1v) is 6.15. The van der Waals surface area contributed by atoms with Crippen LogP contribution >= 0.6 is 0 Å². The van der Waals surface area contributed by atoms with Crippen LogP contribution in [-0.2, 0) is 0 Å². The van der Waals surface area contributed by atoms with Crippen LogP contribution in [0.5, 0.6) is 0 Å². The van der Waals surface area contributed by atoms with Gasteiger partial charge in [0.05, 0.1) is 6.21 Å². The van der Waals surface area contributed by atoms with Crippen LogP contribution in [0.25, 0.3) is 0 Å². The molecule has 0 bridgehead atoms. The highest BCUT2D eigenvalue weighted by Gasteiger charge is 2.07. The highest BCUT2D eigenvalue weighted by atomic mass is 16.1. The Morgan fingerprint density at radius 2 is 1.82 bits per heavy atom. The van der Waals surface area contributed by atoms with E-state index >= 15 is 0 Å². The van der Waals surface area contributed by atoms with Crippen LogP contribution in [0.15, 0.2) is 29.4 Å². The van der Waals surface area contributed by atoms with Gasteiger partial charge in [-0.25, -0.2) is 0 Å². The maximum atomic E-state index is 11.8. The van der Waals surface area contributed by atoms with E-state index in [1.54, 1.807) is 0 Å². The third-order valence-corrected chi connectivity index (χ3v) is 3.01. The zero-order valence-electron chi connectivity index (χ0n) is 10.2. The number of hydrogen-bond donors (Lipinski definition) is 0. The highest BCUT2D eigenvalue weighted by molar-refractivity contribution is 6.35. The normalized spacial score (nSPS) is 16.4. The zero-order chi connectivity index (χ0) is 12.1. The summed E-state index contributed by atoms with van der Waals surface area (Å²) in [7, 11) is 0. The minimum absolute atomic E-state index is 0.0180. The molecule has 3 heteroatoms. The molecule has 0 spiro atoms. The molecular weight excluding hydrogens is 212 g/mol. The quantitative estimate of drug-likeness (QED) is 0.590. The summed E-state index contributed by atoms with van der Waals surface area (Å²) in [4.78, 5) is 11.8. The number of hydrogen-bond acceptors (Lipinski definition) is 3. The molecule has 0 atom stereocenters. The van der Waals surface area contributed by atoms with Gasteiger partial charge >= 0.3 is 0 Å². The standard InChI is InChI=1S/C14H18N2O/c1-12-5-7-13(8-6-12)14(17)11-15-16-9-3-2-4-10-16/h5-8,11H,2-4,9-10H2,1H3. The Balaban J connectivity index is 1.96. The Morgan fingerprint density at radius 1 is 1.18 bits per heavy atom. The molecule has 0 saturated carbocycles. The Morgan fingerprint density at radius 3 is 2.47 bits per heavy atom. The summed E-state index contributed by atoms with van der Waals surface area (Å²) in [6, 6.07) is 7.59. The van der Waals surface area contributed by atoms with Gasteiger partial charge in [-0.2, -0.15) is 5.10 Å². The molecule has 0 aromatic heterocycles. The van der Waals surface area contributed by atoms with Gasteiger partial charge in [0.15, 0.2) is 0 Å². The summed E-state index contributed by atoms with van der Waals surface area (Å²) < 4.78 is 0. The molecule has 1 aliphatic heterocycles. The Labute approximate surface area is 102 Å². The molecular formula is C14H18N2O. The van der Waals surface area contributed by atoms with Gasteiger partial charge in [0, 0.05) is 18.7 Å². The summed E-state index contributed by atoms with van der Waals surface area (Å²) in [5.74, 6) is -0.0180. The maximum Gasteiger partial charge on any atom is 0.205 e. The fraction of sp³-hybridized carbons (Fsp3) is 0.429. The molecule has 3 nitrogen and oxygen atoms in total. The largest absolute Gasteiger partial charge is 0.297 e. The van der Waals surface area contributed by atoms with E-state index in [0.717, 1.165) is 18.7 Å². The van der Waals surface area contributed by atoms with Gasteiger partial charge in [0.2, 0.25) is 5.78 Å². The van der Waals surface area contributed by atoms with Crippen LogP contribution in [0.4, 0.5) is 0 Å². The lowest BCUT2D eigenvalue weighted by molar-refractivity contribution is 0.106. The number of carbonyl (C=O) groups is 1. The molecule has 90 valence electrons. The molecule has 0 N–H and O–H groups in total. The lowest BCUT2D eigenvalue weighted by atomic mass is 10.1. The monoisotopic (exact) mass is 230 g/mol. The van der Waals surface area contributed by atoms with Gasteiger partial charge in [-0.15, -0.1) is 0 Å². The topological polar surface area (TPSA) is 32.7 Å². The van der Waals surface area contributed by atoms with E-state index in [1.165, 1.54) is 25.5 Å². The minimum atomic E-state index is -0.0180. The van der Waals surface area contributed by atoms with E-state index in [4.69, 9.17) is 0 Å². The fourth-order valence-corrected chi connectivity index (χ4v) is 1.92. The molecule has 0 unspecified atom stereocenters. The predicted octanol–water partition coefficient (Wildman–Crippen LogP) is 2.65. The van der Waals surface area contributed by atoms with Gasteiger partial charge in [0.1, 0.15) is 0 Å². The molecule has 1 aromatic rings. The van der Waals surface area contributed by atoms with Crippen molar-refractivity contribution in [2.45, 2.75) is 26.2 Å². The van der Waals surface area contributed by atoms with E-state index in [-0.39, 0.29) is 5.78 Å². The van der Waals surface area contributed by atoms with E-state index < -0.39 is 0 Å². The predicted molar refractivity (Wildman–Crippen MR) is 69.4 cm³/mol. The van der Waals surface area contributed by atoms with Crippen LogP contribution < -0.4 is 0 Å². The minimum Gasteiger partial charge on any atom is -0.297 e. The lowest BCUT2D eigenvalue weighted by Gasteiger charge is -2.22. The Bertz CT molecular complexity index is 403. The smallest absolute Gasteiger partial charge is 0.205 e. The van der Waals surface area contributed by atoms with Crippen molar-refractivity contribution in [2.75, 3.05) is 13.1 Å². The molecule has 17 heavy (non-hydrogen) atoms. The third kappa shape index (κ3) is 3.41. The van der Waals surface area contributed by atoms with Gasteiger partial charge in [-0.1, -0.05) is 29.8 Å². The number of aryl methyl sites for hydroxylation is 1. The SMILES string of the molecule is Cc1ccc(C(=O)C=NN2CCCCC2)cc1. The van der Waals surface area contributed by atoms with E-state index in [2.05, 4.69) is 5.10 Å². The first-order valence-electron chi connectivity index (χ1n) is 6.15. The van der Waals surface area contributed by atoms with Gasteiger partial charge < -0.3 is 0 Å². The summed E-state index contributed by atoms with van der Waals surface area (Å²) in [6.07, 6.45) is 5.07. The Hall–Kier alpha value is -1.64.